The van der Waals surface area contributed by atoms with Gasteiger partial charge in [-0.2, -0.15) is 0 Å². The number of halogens is 2. The van der Waals surface area contributed by atoms with Crippen LogP contribution in [-0.2, 0) is 16.1 Å². The molecule has 0 unspecified atom stereocenters. The highest BCUT2D eigenvalue weighted by Gasteiger charge is 2.34. The minimum Gasteiger partial charge on any atom is -0.328 e. The summed E-state index contributed by atoms with van der Waals surface area (Å²) in [5.41, 5.74) is 3.73. The predicted molar refractivity (Wildman–Crippen MR) is 99.8 cm³/mol. The standard InChI is InChI=1S/C20H20ClFN2O2/c1-12-4-5-15(17(21)8-12)11-23-6-7-24(20(26)19(23)25)18-13(2)9-16(22)10-14(18)3/h4-5,8-10H,6-7,11H2,1-3H3. The van der Waals surface area contributed by atoms with Crippen molar-refractivity contribution in [2.45, 2.75) is 27.3 Å². The lowest BCUT2D eigenvalue weighted by Crippen LogP contribution is -2.54. The van der Waals surface area contributed by atoms with Gasteiger partial charge in [-0.3, -0.25) is 9.59 Å². The largest absolute Gasteiger partial charge is 0.328 e. The number of benzene rings is 2. The summed E-state index contributed by atoms with van der Waals surface area (Å²) < 4.78 is 13.5. The van der Waals surface area contributed by atoms with Crippen molar-refractivity contribution in [1.29, 1.82) is 0 Å². The monoisotopic (exact) mass is 374 g/mol. The van der Waals surface area contributed by atoms with Gasteiger partial charge in [0.1, 0.15) is 5.82 Å². The van der Waals surface area contributed by atoms with E-state index < -0.39 is 11.8 Å². The Morgan fingerprint density at radius 1 is 1.00 bits per heavy atom. The number of aryl methyl sites for hydroxylation is 3. The van der Waals surface area contributed by atoms with Gasteiger partial charge in [-0.25, -0.2) is 4.39 Å². The van der Waals surface area contributed by atoms with Crippen LogP contribution in [0.4, 0.5) is 10.1 Å². The van der Waals surface area contributed by atoms with Crippen molar-refractivity contribution in [3.8, 4) is 0 Å². The minimum absolute atomic E-state index is 0.291. The molecule has 2 amide bonds. The van der Waals surface area contributed by atoms with Crippen LogP contribution in [-0.4, -0.2) is 29.8 Å². The molecule has 26 heavy (non-hydrogen) atoms. The number of nitrogens with zero attached hydrogens (tertiary/aromatic N) is 2. The van der Waals surface area contributed by atoms with E-state index >= 15 is 0 Å². The van der Waals surface area contributed by atoms with E-state index in [9.17, 15) is 14.0 Å². The van der Waals surface area contributed by atoms with Gasteiger partial charge in [0.15, 0.2) is 0 Å². The molecule has 0 saturated carbocycles. The highest BCUT2D eigenvalue weighted by Crippen LogP contribution is 2.28. The molecule has 0 bridgehead atoms. The van der Waals surface area contributed by atoms with Crippen LogP contribution >= 0.6 is 11.6 Å². The minimum atomic E-state index is -0.600. The second-order valence-electron chi connectivity index (χ2n) is 6.67. The van der Waals surface area contributed by atoms with Gasteiger partial charge in [-0.15, -0.1) is 0 Å². The fourth-order valence-electron chi connectivity index (χ4n) is 3.35. The number of hydrogen-bond acceptors (Lipinski definition) is 2. The van der Waals surface area contributed by atoms with E-state index in [-0.39, 0.29) is 5.82 Å². The average Bonchev–Trinajstić information content (AvgIpc) is 2.55. The Bertz CT molecular complexity index is 874. The summed E-state index contributed by atoms with van der Waals surface area (Å²) in [6, 6.07) is 8.38. The summed E-state index contributed by atoms with van der Waals surface area (Å²) in [4.78, 5) is 28.2. The van der Waals surface area contributed by atoms with E-state index in [1.807, 2.05) is 25.1 Å². The van der Waals surface area contributed by atoms with E-state index in [0.29, 0.717) is 41.5 Å². The first-order valence-corrected chi connectivity index (χ1v) is 8.78. The molecule has 0 N–H and O–H groups in total. The van der Waals surface area contributed by atoms with E-state index in [2.05, 4.69) is 0 Å². The molecular formula is C20H20ClFN2O2. The third kappa shape index (κ3) is 3.44. The van der Waals surface area contributed by atoms with Crippen molar-refractivity contribution in [2.75, 3.05) is 18.0 Å². The number of carbonyl (C=O) groups excluding carboxylic acids is 2. The molecule has 1 aliphatic heterocycles. The Morgan fingerprint density at radius 2 is 1.65 bits per heavy atom. The zero-order valence-electron chi connectivity index (χ0n) is 15.0. The van der Waals surface area contributed by atoms with Crippen LogP contribution in [0.15, 0.2) is 30.3 Å². The van der Waals surface area contributed by atoms with Crippen molar-refractivity contribution in [3.63, 3.8) is 0 Å². The van der Waals surface area contributed by atoms with Crippen molar-refractivity contribution in [3.05, 3.63) is 63.4 Å². The second-order valence-corrected chi connectivity index (χ2v) is 7.07. The molecular weight excluding hydrogens is 355 g/mol. The third-order valence-electron chi connectivity index (χ3n) is 4.60. The number of amides is 2. The summed E-state index contributed by atoms with van der Waals surface area (Å²) in [7, 11) is 0. The van der Waals surface area contributed by atoms with Gasteiger partial charge in [0, 0.05) is 24.7 Å². The molecule has 0 aliphatic carbocycles. The Hall–Kier alpha value is -2.40. The molecule has 0 atom stereocenters. The number of carbonyl (C=O) groups is 2. The third-order valence-corrected chi connectivity index (χ3v) is 4.96. The molecule has 136 valence electrons. The molecule has 2 aromatic rings. The van der Waals surface area contributed by atoms with Crippen molar-refractivity contribution >= 4 is 29.1 Å². The summed E-state index contributed by atoms with van der Waals surface area (Å²) in [5.74, 6) is -1.52. The second kappa shape index (κ2) is 7.08. The molecule has 1 aliphatic rings. The molecule has 2 aromatic carbocycles. The predicted octanol–water partition coefficient (Wildman–Crippen LogP) is 3.78. The SMILES string of the molecule is Cc1ccc(CN2CCN(c3c(C)cc(F)cc3C)C(=O)C2=O)c(Cl)c1. The highest BCUT2D eigenvalue weighted by molar-refractivity contribution is 6.41. The molecule has 1 saturated heterocycles. The van der Waals surface area contributed by atoms with Gasteiger partial charge in [0.05, 0.1) is 5.69 Å². The Kier molecular flexibility index (Phi) is 5.01. The van der Waals surface area contributed by atoms with Gasteiger partial charge in [0.2, 0.25) is 0 Å². The van der Waals surface area contributed by atoms with Crippen molar-refractivity contribution in [2.24, 2.45) is 0 Å². The van der Waals surface area contributed by atoms with Crippen LogP contribution in [0, 0.1) is 26.6 Å². The van der Waals surface area contributed by atoms with Gasteiger partial charge in [0.25, 0.3) is 0 Å². The van der Waals surface area contributed by atoms with E-state index in [0.717, 1.165) is 11.1 Å². The van der Waals surface area contributed by atoms with E-state index in [1.165, 1.54) is 21.9 Å². The lowest BCUT2D eigenvalue weighted by atomic mass is 10.1. The van der Waals surface area contributed by atoms with Gasteiger partial charge < -0.3 is 9.80 Å². The average molecular weight is 375 g/mol. The Balaban J connectivity index is 1.82. The quantitative estimate of drug-likeness (QED) is 0.767. The smallest absolute Gasteiger partial charge is 0.316 e. The summed E-state index contributed by atoms with van der Waals surface area (Å²) >= 11 is 6.24. The molecule has 3 rings (SSSR count). The van der Waals surface area contributed by atoms with Crippen LogP contribution in [0.1, 0.15) is 22.3 Å². The van der Waals surface area contributed by atoms with Crippen LogP contribution in [0.25, 0.3) is 0 Å². The van der Waals surface area contributed by atoms with Crippen LogP contribution in [0.5, 0.6) is 0 Å². The summed E-state index contributed by atoms with van der Waals surface area (Å²) in [6.45, 7) is 6.46. The maximum absolute atomic E-state index is 13.5. The lowest BCUT2D eigenvalue weighted by molar-refractivity contribution is -0.146. The zero-order valence-corrected chi connectivity index (χ0v) is 15.7. The fraction of sp³-hybridized carbons (Fsp3) is 0.300. The first kappa shape index (κ1) is 18.4. The van der Waals surface area contributed by atoms with Gasteiger partial charge in [-0.05, 0) is 61.2 Å². The van der Waals surface area contributed by atoms with Crippen molar-refractivity contribution in [1.82, 2.24) is 4.90 Å². The fourth-order valence-corrected chi connectivity index (χ4v) is 3.65. The number of anilines is 1. The number of rotatable bonds is 3. The van der Waals surface area contributed by atoms with Crippen LogP contribution in [0.3, 0.4) is 0 Å². The van der Waals surface area contributed by atoms with Crippen molar-refractivity contribution < 1.29 is 14.0 Å². The van der Waals surface area contributed by atoms with Crippen LogP contribution < -0.4 is 4.90 Å². The summed E-state index contributed by atoms with van der Waals surface area (Å²) in [5, 5.41) is 0.581. The molecule has 4 nitrogen and oxygen atoms in total. The molecule has 1 heterocycles. The molecule has 0 spiro atoms. The molecule has 0 aromatic heterocycles. The number of piperazine rings is 1. The van der Waals surface area contributed by atoms with Gasteiger partial charge in [-0.1, -0.05) is 23.7 Å². The zero-order chi connectivity index (χ0) is 19.0. The Morgan fingerprint density at radius 3 is 2.27 bits per heavy atom. The Labute approximate surface area is 157 Å². The van der Waals surface area contributed by atoms with Crippen LogP contribution in [0.2, 0.25) is 5.02 Å². The molecule has 1 fully saturated rings. The molecule has 0 radical (unpaired) electrons. The van der Waals surface area contributed by atoms with E-state index in [1.54, 1.807) is 13.8 Å². The highest BCUT2D eigenvalue weighted by atomic mass is 35.5. The van der Waals surface area contributed by atoms with Gasteiger partial charge >= 0.3 is 11.8 Å². The first-order valence-electron chi connectivity index (χ1n) is 8.40. The maximum atomic E-state index is 13.5. The normalized spacial score (nSPS) is 15.0. The first-order chi connectivity index (χ1) is 12.3. The lowest BCUT2D eigenvalue weighted by Gasteiger charge is -2.35. The topological polar surface area (TPSA) is 40.6 Å². The maximum Gasteiger partial charge on any atom is 0.316 e. The molecule has 6 heteroatoms. The summed E-state index contributed by atoms with van der Waals surface area (Å²) in [6.07, 6.45) is 0. The van der Waals surface area contributed by atoms with E-state index in [4.69, 9.17) is 11.6 Å². The number of hydrogen-bond donors (Lipinski definition) is 0.